The minimum absolute atomic E-state index is 0.289. The maximum Gasteiger partial charge on any atom is 0.0767 e. The Balaban J connectivity index is 2.14. The highest BCUT2D eigenvalue weighted by Crippen LogP contribution is 2.31. The molecule has 0 bridgehead atoms. The summed E-state index contributed by atoms with van der Waals surface area (Å²) in [5, 5.41) is 4.66. The summed E-state index contributed by atoms with van der Waals surface area (Å²) in [6, 6.07) is 0. The second-order valence-corrected chi connectivity index (χ2v) is 6.65. The first kappa shape index (κ1) is 15.0. The van der Waals surface area contributed by atoms with E-state index in [2.05, 4.69) is 51.4 Å². The number of nitrogens with zero attached hydrogens (tertiary/aromatic N) is 3. The minimum Gasteiger partial charge on any atom is -0.330 e. The second kappa shape index (κ2) is 5.94. The number of likely N-dealkylation sites (tertiary alicyclic amines) is 1. The number of hydrogen-bond acceptors (Lipinski definition) is 3. The largest absolute Gasteiger partial charge is 0.330 e. The van der Waals surface area contributed by atoms with E-state index in [0.717, 1.165) is 44.8 Å². The highest BCUT2D eigenvalue weighted by Gasteiger charge is 2.33. The Kier molecular flexibility index (Phi) is 4.69. The predicted octanol–water partition coefficient (Wildman–Crippen LogP) is 2.40. The van der Waals surface area contributed by atoms with Gasteiger partial charge in [-0.2, -0.15) is 5.10 Å². The van der Waals surface area contributed by atoms with Crippen molar-refractivity contribution in [2.45, 2.75) is 46.7 Å². The molecule has 1 aliphatic heterocycles. The zero-order valence-corrected chi connectivity index (χ0v) is 13.8. The van der Waals surface area contributed by atoms with Crippen LogP contribution in [0.2, 0.25) is 0 Å². The molecule has 5 heteroatoms. The quantitative estimate of drug-likeness (QED) is 0.902. The number of halogens is 1. The Morgan fingerprint density at radius 2 is 2.16 bits per heavy atom. The third kappa shape index (κ3) is 3.03. The fraction of sp³-hybridized carbons (Fsp3) is 0.786. The van der Waals surface area contributed by atoms with Crippen LogP contribution in [0.25, 0.3) is 0 Å². The van der Waals surface area contributed by atoms with Gasteiger partial charge in [-0.05, 0) is 54.2 Å². The van der Waals surface area contributed by atoms with Gasteiger partial charge in [0.05, 0.1) is 15.9 Å². The smallest absolute Gasteiger partial charge is 0.0767 e. The highest BCUT2D eigenvalue weighted by molar-refractivity contribution is 9.10. The van der Waals surface area contributed by atoms with E-state index in [-0.39, 0.29) is 5.41 Å². The van der Waals surface area contributed by atoms with Crippen LogP contribution in [0, 0.1) is 5.41 Å². The van der Waals surface area contributed by atoms with E-state index in [9.17, 15) is 0 Å². The summed E-state index contributed by atoms with van der Waals surface area (Å²) in [7, 11) is 0. The molecule has 0 aromatic carbocycles. The fourth-order valence-corrected chi connectivity index (χ4v) is 3.50. The predicted molar refractivity (Wildman–Crippen MR) is 82.0 cm³/mol. The molecule has 1 saturated heterocycles. The Morgan fingerprint density at radius 1 is 1.42 bits per heavy atom. The third-order valence-electron chi connectivity index (χ3n) is 4.20. The molecule has 1 aliphatic rings. The van der Waals surface area contributed by atoms with Gasteiger partial charge in [-0.25, -0.2) is 0 Å². The topological polar surface area (TPSA) is 47.1 Å². The zero-order chi connectivity index (χ0) is 14.0. The van der Waals surface area contributed by atoms with E-state index in [4.69, 9.17) is 5.73 Å². The van der Waals surface area contributed by atoms with Crippen LogP contribution < -0.4 is 5.73 Å². The van der Waals surface area contributed by atoms with Crippen LogP contribution in [0.1, 0.15) is 38.6 Å². The standard InChI is InChI=1S/C14H25BrN4/c1-4-11-13(15)12(19(5-2)17-11)8-18-7-6-14(3,9-16)10-18/h4-10,16H2,1-3H3. The SMILES string of the molecule is CCc1nn(CC)c(CN2CCC(C)(CN)C2)c1Br. The monoisotopic (exact) mass is 328 g/mol. The van der Waals surface area contributed by atoms with Gasteiger partial charge in [0, 0.05) is 19.6 Å². The number of rotatable bonds is 5. The lowest BCUT2D eigenvalue weighted by Gasteiger charge is -2.22. The number of aryl methyl sites for hydroxylation is 2. The van der Waals surface area contributed by atoms with Gasteiger partial charge in [0.2, 0.25) is 0 Å². The first-order chi connectivity index (χ1) is 9.03. The lowest BCUT2D eigenvalue weighted by molar-refractivity contribution is 0.267. The molecule has 2 N–H and O–H groups in total. The van der Waals surface area contributed by atoms with Crippen molar-refractivity contribution >= 4 is 15.9 Å². The molecule has 2 rings (SSSR count). The van der Waals surface area contributed by atoms with Crippen molar-refractivity contribution in [2.24, 2.45) is 11.1 Å². The summed E-state index contributed by atoms with van der Waals surface area (Å²) in [5.41, 5.74) is 8.64. The summed E-state index contributed by atoms with van der Waals surface area (Å²) in [6.45, 7) is 11.5. The number of aromatic nitrogens is 2. The molecule has 108 valence electrons. The van der Waals surface area contributed by atoms with Gasteiger partial charge in [-0.3, -0.25) is 9.58 Å². The molecular formula is C14H25BrN4. The van der Waals surface area contributed by atoms with Crippen molar-refractivity contribution in [3.63, 3.8) is 0 Å². The van der Waals surface area contributed by atoms with Crippen LogP contribution in [0.15, 0.2) is 4.47 Å². The fourth-order valence-electron chi connectivity index (χ4n) is 2.81. The van der Waals surface area contributed by atoms with Crippen molar-refractivity contribution in [2.75, 3.05) is 19.6 Å². The summed E-state index contributed by atoms with van der Waals surface area (Å²) in [4.78, 5) is 2.50. The van der Waals surface area contributed by atoms with E-state index >= 15 is 0 Å². The van der Waals surface area contributed by atoms with Crippen LogP contribution >= 0.6 is 15.9 Å². The van der Waals surface area contributed by atoms with Crippen molar-refractivity contribution in [3.8, 4) is 0 Å². The third-order valence-corrected chi connectivity index (χ3v) is 5.11. The lowest BCUT2D eigenvalue weighted by Crippen LogP contribution is -2.31. The molecule has 0 radical (unpaired) electrons. The Morgan fingerprint density at radius 3 is 2.68 bits per heavy atom. The van der Waals surface area contributed by atoms with Crippen LogP contribution in [-0.4, -0.2) is 34.3 Å². The molecule has 1 atom stereocenters. The van der Waals surface area contributed by atoms with Crippen molar-refractivity contribution in [1.29, 1.82) is 0 Å². The van der Waals surface area contributed by atoms with Crippen LogP contribution in [0.5, 0.6) is 0 Å². The Labute approximate surface area is 124 Å². The normalized spacial score (nSPS) is 24.3. The van der Waals surface area contributed by atoms with Crippen LogP contribution in [-0.2, 0) is 19.5 Å². The van der Waals surface area contributed by atoms with Gasteiger partial charge in [0.25, 0.3) is 0 Å². The molecule has 1 aromatic rings. The first-order valence-electron chi connectivity index (χ1n) is 7.19. The number of hydrogen-bond donors (Lipinski definition) is 1. The molecule has 2 heterocycles. The summed E-state index contributed by atoms with van der Waals surface area (Å²) in [6.07, 6.45) is 2.17. The molecule has 0 amide bonds. The Hall–Kier alpha value is -0.390. The summed E-state index contributed by atoms with van der Waals surface area (Å²) < 4.78 is 3.32. The summed E-state index contributed by atoms with van der Waals surface area (Å²) >= 11 is 3.72. The summed E-state index contributed by atoms with van der Waals surface area (Å²) in [5.74, 6) is 0. The lowest BCUT2D eigenvalue weighted by atomic mass is 9.90. The maximum absolute atomic E-state index is 5.88. The van der Waals surface area contributed by atoms with Crippen LogP contribution in [0.3, 0.4) is 0 Å². The molecule has 0 saturated carbocycles. The van der Waals surface area contributed by atoms with Gasteiger partial charge in [0.15, 0.2) is 0 Å². The van der Waals surface area contributed by atoms with E-state index in [0.29, 0.717) is 0 Å². The van der Waals surface area contributed by atoms with E-state index in [1.54, 1.807) is 0 Å². The molecule has 1 aromatic heterocycles. The van der Waals surface area contributed by atoms with Gasteiger partial charge >= 0.3 is 0 Å². The average molecular weight is 329 g/mol. The molecule has 4 nitrogen and oxygen atoms in total. The molecule has 1 fully saturated rings. The maximum atomic E-state index is 5.88. The molecule has 0 spiro atoms. The number of nitrogens with two attached hydrogens (primary N) is 1. The van der Waals surface area contributed by atoms with Gasteiger partial charge < -0.3 is 5.73 Å². The zero-order valence-electron chi connectivity index (χ0n) is 12.2. The average Bonchev–Trinajstić information content (AvgIpc) is 2.93. The highest BCUT2D eigenvalue weighted by atomic mass is 79.9. The minimum atomic E-state index is 0.289. The van der Waals surface area contributed by atoms with Crippen molar-refractivity contribution in [3.05, 3.63) is 15.9 Å². The van der Waals surface area contributed by atoms with Crippen molar-refractivity contribution < 1.29 is 0 Å². The molecule has 0 aliphatic carbocycles. The van der Waals surface area contributed by atoms with Crippen molar-refractivity contribution in [1.82, 2.24) is 14.7 Å². The molecular weight excluding hydrogens is 304 g/mol. The van der Waals surface area contributed by atoms with Gasteiger partial charge in [-0.15, -0.1) is 0 Å². The molecule has 19 heavy (non-hydrogen) atoms. The first-order valence-corrected chi connectivity index (χ1v) is 7.98. The van der Waals surface area contributed by atoms with E-state index < -0.39 is 0 Å². The van der Waals surface area contributed by atoms with Gasteiger partial charge in [-0.1, -0.05) is 13.8 Å². The molecule has 1 unspecified atom stereocenters. The van der Waals surface area contributed by atoms with Gasteiger partial charge in [0.1, 0.15) is 0 Å². The van der Waals surface area contributed by atoms with Crippen LogP contribution in [0.4, 0.5) is 0 Å². The second-order valence-electron chi connectivity index (χ2n) is 5.85. The Bertz CT molecular complexity index is 443. The van der Waals surface area contributed by atoms with E-state index in [1.807, 2.05) is 0 Å². The van der Waals surface area contributed by atoms with E-state index in [1.165, 1.54) is 16.6 Å².